The standard InChI is InChI=1S/C29H32N4O6/c1-2-39-29(37)31-13-11-30(12-14-31)26(34)19-5-4-10-32(16-19)24-7-3-6-23-25(24)28(36)33(27(23)35)22-9-8-20-17-38-18-21(20)15-22/h3,6-9,15,19H,2,4-5,10-14,16-18H2,1H3/t19-/m1/s1. The molecular formula is C29H32N4O6. The van der Waals surface area contributed by atoms with E-state index >= 15 is 0 Å². The maximum atomic E-state index is 13.7. The van der Waals surface area contributed by atoms with Crippen molar-refractivity contribution in [3.8, 4) is 0 Å². The molecule has 39 heavy (non-hydrogen) atoms. The van der Waals surface area contributed by atoms with Gasteiger partial charge in [0.2, 0.25) is 5.91 Å². The minimum absolute atomic E-state index is 0.0696. The number of piperidine rings is 1. The van der Waals surface area contributed by atoms with Crippen LogP contribution in [0.1, 0.15) is 51.6 Å². The first-order valence-corrected chi connectivity index (χ1v) is 13.6. The molecule has 204 valence electrons. The normalized spacial score (nSPS) is 20.8. The minimum atomic E-state index is -0.340. The first-order valence-electron chi connectivity index (χ1n) is 13.6. The first kappa shape index (κ1) is 25.4. The van der Waals surface area contributed by atoms with Gasteiger partial charge in [-0.05, 0) is 55.2 Å². The molecule has 1 atom stereocenters. The van der Waals surface area contributed by atoms with Gasteiger partial charge in [0.1, 0.15) is 0 Å². The Morgan fingerprint density at radius 3 is 2.51 bits per heavy atom. The molecule has 0 N–H and O–H groups in total. The highest BCUT2D eigenvalue weighted by Crippen LogP contribution is 2.37. The Kier molecular flexibility index (Phi) is 6.72. The van der Waals surface area contributed by atoms with Crippen molar-refractivity contribution in [2.24, 2.45) is 5.92 Å². The van der Waals surface area contributed by atoms with Crippen molar-refractivity contribution in [1.29, 1.82) is 0 Å². The highest BCUT2D eigenvalue weighted by atomic mass is 16.6. The van der Waals surface area contributed by atoms with E-state index in [0.717, 1.165) is 24.0 Å². The van der Waals surface area contributed by atoms with Crippen LogP contribution in [0.5, 0.6) is 0 Å². The molecule has 10 heteroatoms. The van der Waals surface area contributed by atoms with Crippen LogP contribution in [-0.2, 0) is 27.5 Å². The third-order valence-corrected chi connectivity index (χ3v) is 8.08. The monoisotopic (exact) mass is 532 g/mol. The van der Waals surface area contributed by atoms with E-state index in [1.165, 1.54) is 4.90 Å². The zero-order valence-corrected chi connectivity index (χ0v) is 22.1. The van der Waals surface area contributed by atoms with E-state index in [1.807, 2.05) is 23.1 Å². The van der Waals surface area contributed by atoms with Crippen LogP contribution in [0.2, 0.25) is 0 Å². The predicted molar refractivity (Wildman–Crippen MR) is 143 cm³/mol. The van der Waals surface area contributed by atoms with Crippen LogP contribution >= 0.6 is 0 Å². The number of amides is 4. The van der Waals surface area contributed by atoms with Gasteiger partial charge in [0.15, 0.2) is 0 Å². The van der Waals surface area contributed by atoms with Crippen LogP contribution in [0.25, 0.3) is 0 Å². The smallest absolute Gasteiger partial charge is 0.409 e. The number of benzene rings is 2. The topological polar surface area (TPSA) is 99.7 Å². The van der Waals surface area contributed by atoms with Gasteiger partial charge < -0.3 is 24.2 Å². The summed E-state index contributed by atoms with van der Waals surface area (Å²) in [5.41, 5.74) is 4.09. The number of imide groups is 1. The van der Waals surface area contributed by atoms with Gasteiger partial charge in [0.25, 0.3) is 11.8 Å². The van der Waals surface area contributed by atoms with Gasteiger partial charge >= 0.3 is 6.09 Å². The molecule has 6 rings (SSSR count). The third kappa shape index (κ3) is 4.52. The maximum absolute atomic E-state index is 13.7. The molecule has 4 aliphatic rings. The van der Waals surface area contributed by atoms with Crippen LogP contribution in [-0.4, -0.2) is 79.5 Å². The lowest BCUT2D eigenvalue weighted by Gasteiger charge is -2.39. The number of carbonyl (C=O) groups excluding carboxylic acids is 4. The minimum Gasteiger partial charge on any atom is -0.450 e. The van der Waals surface area contributed by atoms with Crippen molar-refractivity contribution in [2.75, 3.05) is 55.7 Å². The van der Waals surface area contributed by atoms with Gasteiger partial charge in [-0.3, -0.25) is 14.4 Å². The number of anilines is 2. The van der Waals surface area contributed by atoms with Crippen molar-refractivity contribution in [3.05, 3.63) is 58.7 Å². The molecule has 2 aromatic rings. The number of ether oxygens (including phenoxy) is 2. The van der Waals surface area contributed by atoms with E-state index in [9.17, 15) is 19.2 Å². The van der Waals surface area contributed by atoms with Crippen LogP contribution in [0.3, 0.4) is 0 Å². The average Bonchev–Trinajstić information content (AvgIpc) is 3.54. The van der Waals surface area contributed by atoms with Crippen LogP contribution in [0, 0.1) is 5.92 Å². The van der Waals surface area contributed by atoms with Crippen molar-refractivity contribution >= 4 is 35.2 Å². The number of rotatable bonds is 4. The predicted octanol–water partition coefficient (Wildman–Crippen LogP) is 3.03. The van der Waals surface area contributed by atoms with Gasteiger partial charge in [-0.1, -0.05) is 12.1 Å². The molecule has 2 saturated heterocycles. The molecule has 2 fully saturated rings. The summed E-state index contributed by atoms with van der Waals surface area (Å²) in [6.45, 7) is 6.15. The molecule has 0 bridgehead atoms. The summed E-state index contributed by atoms with van der Waals surface area (Å²) in [6, 6.07) is 10.9. The Labute approximate surface area is 227 Å². The molecular weight excluding hydrogens is 500 g/mol. The summed E-state index contributed by atoms with van der Waals surface area (Å²) in [4.78, 5) is 59.3. The van der Waals surface area contributed by atoms with Crippen LogP contribution in [0.4, 0.5) is 16.2 Å². The number of carbonyl (C=O) groups is 4. The second-order valence-corrected chi connectivity index (χ2v) is 10.4. The summed E-state index contributed by atoms with van der Waals surface area (Å²) in [6.07, 6.45) is 1.23. The third-order valence-electron chi connectivity index (χ3n) is 8.08. The van der Waals surface area contributed by atoms with Crippen LogP contribution in [0.15, 0.2) is 36.4 Å². The summed E-state index contributed by atoms with van der Waals surface area (Å²) < 4.78 is 10.6. The highest BCUT2D eigenvalue weighted by molar-refractivity contribution is 6.36. The fraction of sp³-hybridized carbons (Fsp3) is 0.448. The second kappa shape index (κ2) is 10.3. The molecule has 4 aliphatic heterocycles. The van der Waals surface area contributed by atoms with Gasteiger partial charge in [0, 0.05) is 39.3 Å². The average molecular weight is 533 g/mol. The van der Waals surface area contributed by atoms with E-state index in [1.54, 1.807) is 30.0 Å². The molecule has 0 aliphatic carbocycles. The van der Waals surface area contributed by atoms with Crippen molar-refractivity contribution in [1.82, 2.24) is 9.80 Å². The van der Waals surface area contributed by atoms with Crippen molar-refractivity contribution < 1.29 is 28.7 Å². The van der Waals surface area contributed by atoms with Crippen molar-refractivity contribution in [2.45, 2.75) is 33.0 Å². The summed E-state index contributed by atoms with van der Waals surface area (Å²) in [5.74, 6) is -0.822. The maximum Gasteiger partial charge on any atom is 0.409 e. The number of hydrogen-bond donors (Lipinski definition) is 0. The zero-order valence-electron chi connectivity index (χ0n) is 22.1. The molecule has 4 amide bonds. The molecule has 0 aromatic heterocycles. The fourth-order valence-electron chi connectivity index (χ4n) is 6.04. The molecule has 0 saturated carbocycles. The van der Waals surface area contributed by atoms with Crippen molar-refractivity contribution in [3.63, 3.8) is 0 Å². The number of piperazine rings is 1. The number of fused-ring (bicyclic) bond motifs is 2. The lowest BCUT2D eigenvalue weighted by molar-refractivity contribution is -0.137. The molecule has 4 heterocycles. The molecule has 0 radical (unpaired) electrons. The van der Waals surface area contributed by atoms with Gasteiger partial charge in [-0.2, -0.15) is 0 Å². The van der Waals surface area contributed by atoms with E-state index in [0.29, 0.717) is 81.6 Å². The Hall–Kier alpha value is -3.92. The lowest BCUT2D eigenvalue weighted by Crippen LogP contribution is -2.53. The van der Waals surface area contributed by atoms with E-state index in [2.05, 4.69) is 4.90 Å². The van der Waals surface area contributed by atoms with E-state index in [4.69, 9.17) is 9.47 Å². The molecule has 2 aromatic carbocycles. The quantitative estimate of drug-likeness (QED) is 0.558. The second-order valence-electron chi connectivity index (χ2n) is 10.4. The summed E-state index contributed by atoms with van der Waals surface area (Å²) >= 11 is 0. The number of nitrogens with zero attached hydrogens (tertiary/aromatic N) is 4. The number of hydrogen-bond acceptors (Lipinski definition) is 7. The van der Waals surface area contributed by atoms with Gasteiger partial charge in [-0.15, -0.1) is 0 Å². The molecule has 0 unspecified atom stereocenters. The first-order chi connectivity index (χ1) is 19.0. The van der Waals surface area contributed by atoms with E-state index < -0.39 is 0 Å². The largest absolute Gasteiger partial charge is 0.450 e. The van der Waals surface area contributed by atoms with Gasteiger partial charge in [-0.25, -0.2) is 9.69 Å². The fourth-order valence-corrected chi connectivity index (χ4v) is 6.04. The molecule has 10 nitrogen and oxygen atoms in total. The van der Waals surface area contributed by atoms with Crippen LogP contribution < -0.4 is 9.80 Å². The Morgan fingerprint density at radius 2 is 1.72 bits per heavy atom. The van der Waals surface area contributed by atoms with Gasteiger partial charge in [0.05, 0.1) is 48.2 Å². The summed E-state index contributed by atoms with van der Waals surface area (Å²) in [5, 5.41) is 0. The summed E-state index contributed by atoms with van der Waals surface area (Å²) in [7, 11) is 0. The highest BCUT2D eigenvalue weighted by Gasteiger charge is 2.41. The molecule has 0 spiro atoms. The Balaban J connectivity index is 1.18. The Bertz CT molecular complexity index is 1340. The Morgan fingerprint density at radius 1 is 0.949 bits per heavy atom. The zero-order chi connectivity index (χ0) is 27.1. The van der Waals surface area contributed by atoms with E-state index in [-0.39, 0.29) is 29.7 Å². The SMILES string of the molecule is CCOC(=O)N1CCN(C(=O)[C@@H]2CCCN(c3cccc4c3C(=O)N(c3ccc5c(c3)COC5)C4=O)C2)CC1. The lowest BCUT2D eigenvalue weighted by atomic mass is 9.94.